The first-order chi connectivity index (χ1) is 22.9. The van der Waals surface area contributed by atoms with Crippen LogP contribution in [0.25, 0.3) is 0 Å². The third-order valence-corrected chi connectivity index (χ3v) is 9.43. The number of hydrogen-bond donors (Lipinski definition) is 6. The molecule has 0 fully saturated rings. The number of rotatable bonds is 22. The average molecular weight is 714 g/mol. The lowest BCUT2D eigenvalue weighted by Gasteiger charge is -2.42. The molecule has 0 saturated carbocycles. The summed E-state index contributed by atoms with van der Waals surface area (Å²) in [5.41, 5.74) is 3.94. The number of nitrogens with zero attached hydrogens (tertiary/aromatic N) is 1. The topological polar surface area (TPSA) is 217 Å². The largest absolute Gasteiger partial charge is 0.460 e. The van der Waals surface area contributed by atoms with Gasteiger partial charge in [0.25, 0.3) is 0 Å². The number of ether oxygens (including phenoxy) is 1. The fourth-order valence-electron chi connectivity index (χ4n) is 5.51. The maximum atomic E-state index is 14.2. The molecule has 0 aliphatic carbocycles. The van der Waals surface area contributed by atoms with Gasteiger partial charge in [-0.05, 0) is 56.8 Å². The molecule has 14 nitrogen and oxygen atoms in total. The molecule has 14 heteroatoms. The van der Waals surface area contributed by atoms with Crippen molar-refractivity contribution in [1.29, 1.82) is 0 Å². The highest BCUT2D eigenvalue weighted by Gasteiger charge is 2.45. The number of esters is 1. The van der Waals surface area contributed by atoms with E-state index in [1.54, 1.807) is 20.8 Å². The van der Waals surface area contributed by atoms with Crippen LogP contribution in [0, 0.1) is 29.1 Å². The SMILES string of the molecule is CC[C@H](C)[C@H](NC(=O)[C@@](C)(CC(C)C)N(C)C(=O)[C@H](C)[C@@H](CCCCC(C)(C)C)OC(=O)CNC(=O)[C@@H](C)[C@H](C)O)C(=O)N[C@@H](CO)C(N)=O. The predicted octanol–water partition coefficient (Wildman–Crippen LogP) is 2.03. The van der Waals surface area contributed by atoms with Gasteiger partial charge in [0.05, 0.1) is 24.5 Å². The van der Waals surface area contributed by atoms with Crippen LogP contribution in [0.2, 0.25) is 0 Å². The number of likely N-dealkylation sites (N-methyl/N-ethyl adjacent to an activating group) is 1. The first kappa shape index (κ1) is 46.7. The standard InChI is InChI=1S/C36H67N5O9/c1-13-22(4)29(32(47)39-26(20-42)30(37)45)40-34(49)36(11,18-21(2)3)41(12)33(48)24(6)27(16-14-15-17-35(8,9)10)50-28(44)19-38-31(46)23(5)25(7)43/h21-27,29,42-43H,13-20H2,1-12H3,(H2,37,45)(H,38,46)(H,39,47)(H,40,49)/t22-,23-,24+,25-,26-,27+,29-,36+/m0/s1. The molecular formula is C36H67N5O9. The molecule has 0 rings (SSSR count). The van der Waals surface area contributed by atoms with Gasteiger partial charge in [-0.25, -0.2) is 0 Å². The lowest BCUT2D eigenvalue weighted by Crippen LogP contribution is -2.64. The van der Waals surface area contributed by atoms with Crippen molar-refractivity contribution in [3.05, 3.63) is 0 Å². The molecule has 0 unspecified atom stereocenters. The zero-order valence-corrected chi connectivity index (χ0v) is 32.6. The van der Waals surface area contributed by atoms with Crippen molar-refractivity contribution in [2.24, 2.45) is 34.8 Å². The van der Waals surface area contributed by atoms with E-state index in [0.717, 1.165) is 12.8 Å². The van der Waals surface area contributed by atoms with Crippen molar-refractivity contribution >= 4 is 35.5 Å². The van der Waals surface area contributed by atoms with Crippen molar-refractivity contribution in [2.75, 3.05) is 20.2 Å². The number of carbonyl (C=O) groups is 6. The monoisotopic (exact) mass is 713 g/mol. The zero-order chi connectivity index (χ0) is 39.1. The third-order valence-electron chi connectivity index (χ3n) is 9.43. The highest BCUT2D eigenvalue weighted by atomic mass is 16.5. The normalized spacial score (nSPS) is 17.2. The molecule has 7 N–H and O–H groups in total. The van der Waals surface area contributed by atoms with E-state index in [9.17, 15) is 39.0 Å². The number of primary amides is 1. The van der Waals surface area contributed by atoms with Gasteiger partial charge in [0.1, 0.15) is 30.3 Å². The number of nitrogens with one attached hydrogen (secondary N) is 3. The van der Waals surface area contributed by atoms with E-state index >= 15 is 0 Å². The quantitative estimate of drug-likeness (QED) is 0.0714. The molecule has 50 heavy (non-hydrogen) atoms. The average Bonchev–Trinajstić information content (AvgIpc) is 3.02. The van der Waals surface area contributed by atoms with Crippen LogP contribution < -0.4 is 21.7 Å². The third kappa shape index (κ3) is 15.3. The maximum Gasteiger partial charge on any atom is 0.325 e. The van der Waals surface area contributed by atoms with Crippen LogP contribution in [0.1, 0.15) is 115 Å². The summed E-state index contributed by atoms with van der Waals surface area (Å²) in [4.78, 5) is 79.8. The second-order valence-corrected chi connectivity index (χ2v) is 15.6. The van der Waals surface area contributed by atoms with Gasteiger partial charge < -0.3 is 41.5 Å². The van der Waals surface area contributed by atoms with Gasteiger partial charge in [0, 0.05) is 7.05 Å². The Bertz CT molecular complexity index is 1140. The van der Waals surface area contributed by atoms with Gasteiger partial charge in [-0.1, -0.05) is 75.2 Å². The number of hydrogen-bond acceptors (Lipinski definition) is 9. The summed E-state index contributed by atoms with van der Waals surface area (Å²) in [7, 11) is 1.50. The van der Waals surface area contributed by atoms with E-state index in [0.29, 0.717) is 19.3 Å². The van der Waals surface area contributed by atoms with Gasteiger partial charge in [-0.3, -0.25) is 28.8 Å². The number of amides is 5. The summed E-state index contributed by atoms with van der Waals surface area (Å²) in [5.74, 6) is -5.97. The van der Waals surface area contributed by atoms with Gasteiger partial charge >= 0.3 is 5.97 Å². The molecule has 0 aromatic heterocycles. The van der Waals surface area contributed by atoms with E-state index in [1.165, 1.54) is 25.8 Å². The van der Waals surface area contributed by atoms with Crippen LogP contribution in [0.5, 0.6) is 0 Å². The highest BCUT2D eigenvalue weighted by molar-refractivity contribution is 5.96. The van der Waals surface area contributed by atoms with Gasteiger partial charge in [0.2, 0.25) is 29.5 Å². The lowest BCUT2D eigenvalue weighted by atomic mass is 9.85. The summed E-state index contributed by atoms with van der Waals surface area (Å²) in [6.45, 7) is 18.9. The number of unbranched alkanes of at least 4 members (excludes halogenated alkanes) is 1. The molecule has 8 atom stereocenters. The lowest BCUT2D eigenvalue weighted by molar-refractivity contribution is -0.160. The Balaban J connectivity index is 6.33. The Hall–Kier alpha value is -3.26. The van der Waals surface area contributed by atoms with Crippen LogP contribution in [0.4, 0.5) is 0 Å². The molecule has 0 aromatic carbocycles. The minimum Gasteiger partial charge on any atom is -0.460 e. The van der Waals surface area contributed by atoms with Crippen LogP contribution in [-0.2, 0) is 33.5 Å². The van der Waals surface area contributed by atoms with Gasteiger partial charge in [-0.2, -0.15) is 0 Å². The first-order valence-electron chi connectivity index (χ1n) is 17.9. The van der Waals surface area contributed by atoms with Crippen molar-refractivity contribution in [1.82, 2.24) is 20.9 Å². The molecule has 0 saturated heterocycles. The molecule has 5 amide bonds. The van der Waals surface area contributed by atoms with E-state index in [-0.39, 0.29) is 23.7 Å². The summed E-state index contributed by atoms with van der Waals surface area (Å²) in [5, 5.41) is 26.9. The van der Waals surface area contributed by atoms with E-state index < -0.39 is 90.3 Å². The fourth-order valence-corrected chi connectivity index (χ4v) is 5.51. The number of aliphatic hydroxyl groups excluding tert-OH is 2. The van der Waals surface area contributed by atoms with Crippen LogP contribution in [-0.4, -0.2) is 101 Å². The van der Waals surface area contributed by atoms with E-state index in [4.69, 9.17) is 10.5 Å². The molecular weight excluding hydrogens is 646 g/mol. The second-order valence-electron chi connectivity index (χ2n) is 15.6. The van der Waals surface area contributed by atoms with Crippen molar-refractivity contribution < 1.29 is 43.7 Å². The number of aliphatic hydroxyl groups is 2. The van der Waals surface area contributed by atoms with Crippen LogP contribution in [0.3, 0.4) is 0 Å². The summed E-state index contributed by atoms with van der Waals surface area (Å²) < 4.78 is 5.79. The van der Waals surface area contributed by atoms with Crippen LogP contribution >= 0.6 is 0 Å². The Morgan fingerprint density at radius 2 is 1.46 bits per heavy atom. The van der Waals surface area contributed by atoms with Crippen molar-refractivity contribution in [3.8, 4) is 0 Å². The van der Waals surface area contributed by atoms with Gasteiger partial charge in [-0.15, -0.1) is 0 Å². The van der Waals surface area contributed by atoms with Crippen LogP contribution in [0.15, 0.2) is 0 Å². The van der Waals surface area contributed by atoms with Gasteiger partial charge in [0.15, 0.2) is 0 Å². The predicted molar refractivity (Wildman–Crippen MR) is 191 cm³/mol. The Kier molecular flexibility index (Phi) is 19.8. The number of carbonyl (C=O) groups excluding carboxylic acids is 6. The summed E-state index contributed by atoms with van der Waals surface area (Å²) >= 11 is 0. The Labute approximate surface area is 299 Å². The minimum absolute atomic E-state index is 0.0560. The fraction of sp³-hybridized carbons (Fsp3) is 0.833. The van der Waals surface area contributed by atoms with E-state index in [2.05, 4.69) is 36.7 Å². The minimum atomic E-state index is -1.45. The molecule has 0 spiro atoms. The molecule has 0 aliphatic heterocycles. The Morgan fingerprint density at radius 1 is 0.880 bits per heavy atom. The summed E-state index contributed by atoms with van der Waals surface area (Å²) in [6.07, 6.45) is 1.73. The maximum absolute atomic E-state index is 14.2. The molecule has 290 valence electrons. The van der Waals surface area contributed by atoms with Crippen molar-refractivity contribution in [2.45, 2.75) is 145 Å². The first-order valence-corrected chi connectivity index (χ1v) is 17.9. The number of nitrogens with two attached hydrogens (primary N) is 1. The molecule has 0 aliphatic rings. The zero-order valence-electron chi connectivity index (χ0n) is 32.6. The smallest absolute Gasteiger partial charge is 0.325 e. The molecule has 0 bridgehead atoms. The summed E-state index contributed by atoms with van der Waals surface area (Å²) in [6, 6.07) is -2.44. The van der Waals surface area contributed by atoms with Crippen molar-refractivity contribution in [3.63, 3.8) is 0 Å². The highest BCUT2D eigenvalue weighted by Crippen LogP contribution is 2.29. The molecule has 0 radical (unpaired) electrons. The van der Waals surface area contributed by atoms with E-state index in [1.807, 2.05) is 20.8 Å². The molecule has 0 heterocycles. The molecule has 0 aromatic rings. The Morgan fingerprint density at radius 3 is 1.92 bits per heavy atom. The second kappa shape index (κ2) is 21.2.